The number of unbranched alkanes of at least 4 members (excludes halogenated alkanes) is 1. The van der Waals surface area contributed by atoms with Gasteiger partial charge in [0.2, 0.25) is 0 Å². The van der Waals surface area contributed by atoms with Crippen LogP contribution in [0.4, 0.5) is 4.39 Å². The average molecular weight is 827 g/mol. The van der Waals surface area contributed by atoms with Crippen LogP contribution in [0.5, 0.6) is 5.75 Å². The van der Waals surface area contributed by atoms with Crippen LogP contribution in [0.1, 0.15) is 177 Å². The van der Waals surface area contributed by atoms with Crippen LogP contribution in [-0.2, 0) is 20.7 Å². The monoisotopic (exact) mass is 826 g/mol. The second-order valence-corrected chi connectivity index (χ2v) is 16.2. The van der Waals surface area contributed by atoms with Crippen LogP contribution in [0.15, 0.2) is 54.8 Å². The second kappa shape index (κ2) is 28.9. The SMILES string of the molecule is C=C(OCC(CCCC)C(C)CC)/C(CCC)=C(/NC(CCC)(CCC(C)CC)C(C)=O)c1cc(Cl)c(-c2c(C)cccc2O)c(F)c1CCC.C=CC(C)=O.CC. The van der Waals surface area contributed by atoms with E-state index in [1.54, 1.807) is 19.1 Å². The molecule has 7 heteroatoms. The topological polar surface area (TPSA) is 75.6 Å². The molecule has 0 aliphatic rings. The number of hydrogen-bond donors (Lipinski definition) is 2. The number of nitrogens with one attached hydrogen (secondary N) is 1. The molecule has 0 saturated carbocycles. The maximum Gasteiger partial charge on any atom is 0.155 e. The molecule has 2 aromatic rings. The molecular weight excluding hydrogens is 745 g/mol. The molecule has 0 aromatic heterocycles. The Hall–Kier alpha value is -3.38. The molecular formula is C51H81ClFNO4. The van der Waals surface area contributed by atoms with Crippen molar-refractivity contribution in [2.75, 3.05) is 6.61 Å². The number of phenolic OH excluding ortho intramolecular Hbond substituents is 1. The predicted octanol–water partition coefficient (Wildman–Crippen LogP) is 15.3. The number of carbonyl (C=O) groups excluding carboxylic acids is 2. The largest absolute Gasteiger partial charge is 0.507 e. The quantitative estimate of drug-likeness (QED) is 0.0592. The van der Waals surface area contributed by atoms with Crippen molar-refractivity contribution in [2.24, 2.45) is 17.8 Å². The van der Waals surface area contributed by atoms with Gasteiger partial charge in [-0.1, -0.05) is 151 Å². The first kappa shape index (κ1) is 54.6. The summed E-state index contributed by atoms with van der Waals surface area (Å²) in [6.07, 6.45) is 12.3. The molecule has 328 valence electrons. The van der Waals surface area contributed by atoms with Crippen molar-refractivity contribution in [1.29, 1.82) is 0 Å². The summed E-state index contributed by atoms with van der Waals surface area (Å²) in [7, 11) is 0. The Morgan fingerprint density at radius 1 is 0.966 bits per heavy atom. The number of benzene rings is 2. The first-order chi connectivity index (χ1) is 27.5. The van der Waals surface area contributed by atoms with E-state index in [9.17, 15) is 14.7 Å². The lowest BCUT2D eigenvalue weighted by atomic mass is 9.80. The van der Waals surface area contributed by atoms with Crippen molar-refractivity contribution < 1.29 is 23.8 Å². The van der Waals surface area contributed by atoms with Crippen LogP contribution >= 0.6 is 11.6 Å². The second-order valence-electron chi connectivity index (χ2n) is 15.8. The molecule has 5 nitrogen and oxygen atoms in total. The van der Waals surface area contributed by atoms with Crippen molar-refractivity contribution in [2.45, 2.75) is 179 Å². The van der Waals surface area contributed by atoms with Crippen molar-refractivity contribution in [3.05, 3.63) is 82.4 Å². The van der Waals surface area contributed by atoms with Gasteiger partial charge >= 0.3 is 0 Å². The van der Waals surface area contributed by atoms with Crippen LogP contribution in [0, 0.1) is 30.5 Å². The summed E-state index contributed by atoms with van der Waals surface area (Å²) in [4.78, 5) is 23.6. The summed E-state index contributed by atoms with van der Waals surface area (Å²) < 4.78 is 23.8. The summed E-state index contributed by atoms with van der Waals surface area (Å²) in [5.41, 5.74) is 3.10. The number of Topliss-reactive ketones (excluding diaryl/α,β-unsaturated/α-hetero) is 1. The fraction of sp³-hybridized carbons (Fsp3) is 0.608. The van der Waals surface area contributed by atoms with Crippen molar-refractivity contribution >= 4 is 28.9 Å². The Kier molecular flexibility index (Phi) is 27.3. The highest BCUT2D eigenvalue weighted by Crippen LogP contribution is 2.44. The summed E-state index contributed by atoms with van der Waals surface area (Å²) in [6, 6.07) is 6.99. The molecule has 2 aromatic carbocycles. The third-order valence-corrected chi connectivity index (χ3v) is 11.6. The summed E-state index contributed by atoms with van der Waals surface area (Å²) in [5.74, 6) is 1.51. The first-order valence-electron chi connectivity index (χ1n) is 22.3. The normalized spacial score (nSPS) is 13.9. The Balaban J connectivity index is 0.00000429. The van der Waals surface area contributed by atoms with Gasteiger partial charge in [0.15, 0.2) is 11.6 Å². The Morgan fingerprint density at radius 3 is 2.09 bits per heavy atom. The number of ketones is 2. The number of hydrogen-bond acceptors (Lipinski definition) is 5. The molecule has 4 unspecified atom stereocenters. The van der Waals surface area contributed by atoms with Gasteiger partial charge in [0, 0.05) is 28.0 Å². The highest BCUT2D eigenvalue weighted by molar-refractivity contribution is 6.33. The fourth-order valence-electron chi connectivity index (χ4n) is 7.22. The first-order valence-corrected chi connectivity index (χ1v) is 22.7. The number of allylic oxidation sites excluding steroid dienone is 2. The number of carbonyl (C=O) groups is 2. The van der Waals surface area contributed by atoms with Crippen molar-refractivity contribution in [3.63, 3.8) is 0 Å². The van der Waals surface area contributed by atoms with Crippen LogP contribution in [-0.4, -0.2) is 28.8 Å². The van der Waals surface area contributed by atoms with Crippen LogP contribution < -0.4 is 5.32 Å². The molecule has 0 aliphatic heterocycles. The maximum absolute atomic E-state index is 17.2. The minimum absolute atomic E-state index is 0.0177. The molecule has 0 fully saturated rings. The van der Waals surface area contributed by atoms with E-state index in [4.69, 9.17) is 16.3 Å². The number of ether oxygens (including phenoxy) is 1. The van der Waals surface area contributed by atoms with Crippen molar-refractivity contribution in [1.82, 2.24) is 5.32 Å². The lowest BCUT2D eigenvalue weighted by molar-refractivity contribution is -0.123. The Bertz CT molecular complexity index is 1590. The number of halogens is 2. The molecule has 2 rings (SSSR count). The average Bonchev–Trinajstić information content (AvgIpc) is 3.20. The van der Waals surface area contributed by atoms with Gasteiger partial charge in [-0.3, -0.25) is 9.59 Å². The van der Waals surface area contributed by atoms with E-state index >= 15 is 4.39 Å². The molecule has 0 saturated heterocycles. The number of rotatable bonds is 25. The third-order valence-electron chi connectivity index (χ3n) is 11.3. The highest BCUT2D eigenvalue weighted by Gasteiger charge is 2.37. The van der Waals surface area contributed by atoms with Gasteiger partial charge in [-0.15, -0.1) is 0 Å². The Morgan fingerprint density at radius 2 is 1.60 bits per heavy atom. The molecule has 0 amide bonds. The van der Waals surface area contributed by atoms with E-state index in [-0.39, 0.29) is 27.9 Å². The summed E-state index contributed by atoms with van der Waals surface area (Å²) in [5, 5.41) is 15.0. The zero-order chi connectivity index (χ0) is 44.6. The molecule has 2 N–H and O–H groups in total. The van der Waals surface area contributed by atoms with E-state index in [0.717, 1.165) is 62.5 Å². The van der Waals surface area contributed by atoms with Crippen LogP contribution in [0.25, 0.3) is 16.8 Å². The highest BCUT2D eigenvalue weighted by atomic mass is 35.5. The standard InChI is InChI=1S/C45H69ClFNO3.C4H6O.C2H6/c1-12-18-23-35(31(8)17-6)29-51-33(10)36(20-13-2)44(48-45(26-15-4,34(11)49)27-25-30(7)16-5)38-28-39(46)42(43(47)37(38)21-14-3)41-32(9)22-19-24-40(41)50;1-3-4(2)5;1-2/h19,22,24,28,30-31,35,48,50H,10,12-18,20-21,23,25-27,29H2,1-9,11H3;3H,1H2,2H3;1-2H3/b44-36+;;. The number of aryl methyl sites for hydroxylation is 1. The van der Waals surface area contributed by atoms with E-state index in [1.807, 2.05) is 39.8 Å². The van der Waals surface area contributed by atoms with Gasteiger partial charge < -0.3 is 15.2 Å². The van der Waals surface area contributed by atoms with Gasteiger partial charge in [-0.25, -0.2) is 4.39 Å². The lowest BCUT2D eigenvalue weighted by Gasteiger charge is -2.37. The fourth-order valence-corrected chi connectivity index (χ4v) is 7.51. The van der Waals surface area contributed by atoms with Gasteiger partial charge in [0.25, 0.3) is 0 Å². The molecule has 58 heavy (non-hydrogen) atoms. The van der Waals surface area contributed by atoms with Gasteiger partial charge in [-0.2, -0.15) is 0 Å². The van der Waals surface area contributed by atoms with E-state index in [0.29, 0.717) is 84.6 Å². The van der Waals surface area contributed by atoms with Gasteiger partial charge in [0.1, 0.15) is 17.3 Å². The molecule has 0 spiro atoms. The van der Waals surface area contributed by atoms with E-state index < -0.39 is 11.4 Å². The van der Waals surface area contributed by atoms with E-state index in [1.165, 1.54) is 13.0 Å². The number of phenols is 1. The number of aromatic hydroxyl groups is 1. The van der Waals surface area contributed by atoms with Crippen LogP contribution in [0.2, 0.25) is 5.02 Å². The predicted molar refractivity (Wildman–Crippen MR) is 249 cm³/mol. The van der Waals surface area contributed by atoms with Crippen molar-refractivity contribution in [3.8, 4) is 16.9 Å². The molecule has 0 heterocycles. The Labute approximate surface area is 359 Å². The molecule has 0 bridgehead atoms. The van der Waals surface area contributed by atoms with Gasteiger partial charge in [-0.05, 0) is 106 Å². The lowest BCUT2D eigenvalue weighted by Crippen LogP contribution is -2.50. The maximum atomic E-state index is 17.2. The molecule has 0 radical (unpaired) electrons. The smallest absolute Gasteiger partial charge is 0.155 e. The van der Waals surface area contributed by atoms with Crippen LogP contribution in [0.3, 0.4) is 0 Å². The minimum atomic E-state index is -0.868. The zero-order valence-electron chi connectivity index (χ0n) is 38.9. The summed E-state index contributed by atoms with van der Waals surface area (Å²) >= 11 is 7.09. The van der Waals surface area contributed by atoms with Gasteiger partial charge in [0.05, 0.1) is 17.2 Å². The summed E-state index contributed by atoms with van der Waals surface area (Å²) in [6.45, 7) is 34.7. The molecule has 4 atom stereocenters. The zero-order valence-corrected chi connectivity index (χ0v) is 39.6. The van der Waals surface area contributed by atoms with E-state index in [2.05, 4.69) is 66.9 Å². The molecule has 0 aliphatic carbocycles. The third kappa shape index (κ3) is 16.3. The minimum Gasteiger partial charge on any atom is -0.507 e.